The molecular weight excluding hydrogens is 204 g/mol. The zero-order chi connectivity index (χ0) is 11.8. The van der Waals surface area contributed by atoms with Gasteiger partial charge in [0.1, 0.15) is 5.92 Å². The van der Waals surface area contributed by atoms with E-state index < -0.39 is 29.4 Å². The van der Waals surface area contributed by atoms with Gasteiger partial charge < -0.3 is 14.9 Å². The number of hydrogen-bond donors (Lipinski definition) is 2. The van der Waals surface area contributed by atoms with Gasteiger partial charge in [-0.25, -0.2) is 9.59 Å². The summed E-state index contributed by atoms with van der Waals surface area (Å²) < 4.78 is 4.33. The Morgan fingerprint density at radius 3 is 2.13 bits per heavy atom. The number of carbonyl (C=O) groups is 3. The molecule has 1 fully saturated rings. The molecule has 0 spiro atoms. The number of ether oxygens (including phenoxy) is 1. The van der Waals surface area contributed by atoms with Gasteiger partial charge in [0.05, 0.1) is 0 Å². The highest BCUT2D eigenvalue weighted by molar-refractivity contribution is 6.11. The first-order chi connectivity index (χ1) is 6.82. The van der Waals surface area contributed by atoms with Crippen LogP contribution >= 0.6 is 0 Å². The maximum Gasteiger partial charge on any atom is 0.361 e. The van der Waals surface area contributed by atoms with Gasteiger partial charge in [0.2, 0.25) is 0 Å². The van der Waals surface area contributed by atoms with Crippen LogP contribution in [-0.2, 0) is 19.1 Å². The smallest absolute Gasteiger partial charge is 0.361 e. The Kier molecular flexibility index (Phi) is 2.70. The van der Waals surface area contributed by atoms with Crippen molar-refractivity contribution in [1.29, 1.82) is 0 Å². The lowest BCUT2D eigenvalue weighted by Gasteiger charge is -2.41. The first kappa shape index (κ1) is 11.5. The van der Waals surface area contributed by atoms with E-state index in [-0.39, 0.29) is 12.3 Å². The highest BCUT2D eigenvalue weighted by Crippen LogP contribution is 2.39. The molecule has 0 saturated carbocycles. The molecule has 0 radical (unpaired) electrons. The molecule has 0 aromatic carbocycles. The van der Waals surface area contributed by atoms with E-state index in [0.717, 1.165) is 0 Å². The van der Waals surface area contributed by atoms with Gasteiger partial charge in [-0.1, -0.05) is 13.8 Å². The van der Waals surface area contributed by atoms with E-state index >= 15 is 0 Å². The summed E-state index contributed by atoms with van der Waals surface area (Å²) in [6.07, 6.45) is 0.192. The van der Waals surface area contributed by atoms with E-state index in [0.29, 0.717) is 0 Å². The Labute approximate surface area is 85.8 Å². The zero-order valence-electron chi connectivity index (χ0n) is 8.39. The fourth-order valence-corrected chi connectivity index (χ4v) is 1.62. The average Bonchev–Trinajstić information content (AvgIpc) is 2.08. The molecule has 84 valence electrons. The minimum atomic E-state index is -2.37. The number of carboxylic acids is 2. The van der Waals surface area contributed by atoms with Crippen LogP contribution in [0.4, 0.5) is 0 Å². The molecule has 1 aliphatic heterocycles. The molecule has 0 amide bonds. The Balaban J connectivity index is 2.96. The predicted octanol–water partition coefficient (Wildman–Crippen LogP) is 0.114. The van der Waals surface area contributed by atoms with Crippen molar-refractivity contribution < 1.29 is 29.3 Å². The fraction of sp³-hybridized carbons (Fsp3) is 0.667. The molecule has 0 aromatic heterocycles. The molecule has 2 N–H and O–H groups in total. The first-order valence-corrected chi connectivity index (χ1v) is 4.52. The summed E-state index contributed by atoms with van der Waals surface area (Å²) in [5.74, 6) is -5.07. The van der Waals surface area contributed by atoms with Crippen LogP contribution in [-0.4, -0.2) is 33.7 Å². The minimum Gasteiger partial charge on any atom is -0.478 e. The van der Waals surface area contributed by atoms with Crippen molar-refractivity contribution in [2.45, 2.75) is 25.9 Å². The van der Waals surface area contributed by atoms with Gasteiger partial charge >= 0.3 is 23.5 Å². The van der Waals surface area contributed by atoms with Crippen LogP contribution in [0.1, 0.15) is 20.3 Å². The second-order valence-electron chi connectivity index (χ2n) is 3.95. The molecule has 0 aromatic rings. The maximum atomic E-state index is 11.0. The van der Waals surface area contributed by atoms with Crippen molar-refractivity contribution in [1.82, 2.24) is 0 Å². The summed E-state index contributed by atoms with van der Waals surface area (Å²) in [5, 5.41) is 17.6. The standard InChI is InChI=1S/C9H12O6/c1-4(2)3-5-6(10)15-9(5,7(11)12)8(13)14/h4-5H,3H2,1-2H3,(H,11,12)(H,13,14). The van der Waals surface area contributed by atoms with Crippen LogP contribution in [0.2, 0.25) is 0 Å². The number of hydrogen-bond acceptors (Lipinski definition) is 4. The third-order valence-electron chi connectivity index (χ3n) is 2.38. The molecule has 0 bridgehead atoms. The molecule has 1 saturated heterocycles. The molecule has 1 rings (SSSR count). The lowest BCUT2D eigenvalue weighted by molar-refractivity contribution is -0.229. The van der Waals surface area contributed by atoms with Crippen LogP contribution in [0.25, 0.3) is 0 Å². The summed E-state index contributed by atoms with van der Waals surface area (Å²) in [4.78, 5) is 32.7. The molecule has 1 aliphatic rings. The maximum absolute atomic E-state index is 11.0. The normalized spacial score (nSPS) is 23.1. The van der Waals surface area contributed by atoms with E-state index in [1.165, 1.54) is 0 Å². The SMILES string of the molecule is CC(C)CC1C(=O)OC1(C(=O)O)C(=O)O. The predicted molar refractivity (Wildman–Crippen MR) is 47.0 cm³/mol. The minimum absolute atomic E-state index is 0.0286. The molecular formula is C9H12O6. The quantitative estimate of drug-likeness (QED) is 0.511. The van der Waals surface area contributed by atoms with Crippen molar-refractivity contribution >= 4 is 17.9 Å². The largest absolute Gasteiger partial charge is 0.478 e. The molecule has 6 heteroatoms. The van der Waals surface area contributed by atoms with Crippen molar-refractivity contribution in [3.8, 4) is 0 Å². The van der Waals surface area contributed by atoms with Crippen molar-refractivity contribution in [2.24, 2.45) is 11.8 Å². The lowest BCUT2D eigenvalue weighted by Crippen LogP contribution is -2.67. The van der Waals surface area contributed by atoms with E-state index in [1.54, 1.807) is 13.8 Å². The number of cyclic esters (lactones) is 1. The van der Waals surface area contributed by atoms with Crippen LogP contribution in [0, 0.1) is 11.8 Å². The summed E-state index contributed by atoms with van der Waals surface area (Å²) in [7, 11) is 0. The number of carbonyl (C=O) groups excluding carboxylic acids is 1. The summed E-state index contributed by atoms with van der Waals surface area (Å²) in [6.45, 7) is 3.56. The molecule has 6 nitrogen and oxygen atoms in total. The summed E-state index contributed by atoms with van der Waals surface area (Å²) in [6, 6.07) is 0. The van der Waals surface area contributed by atoms with Gasteiger partial charge in [0, 0.05) is 0 Å². The fourth-order valence-electron chi connectivity index (χ4n) is 1.62. The second kappa shape index (κ2) is 3.52. The van der Waals surface area contributed by atoms with Crippen LogP contribution in [0.3, 0.4) is 0 Å². The third-order valence-corrected chi connectivity index (χ3v) is 2.38. The van der Waals surface area contributed by atoms with Crippen LogP contribution in [0.5, 0.6) is 0 Å². The second-order valence-corrected chi connectivity index (χ2v) is 3.95. The van der Waals surface area contributed by atoms with Gasteiger partial charge in [-0.3, -0.25) is 4.79 Å². The highest BCUT2D eigenvalue weighted by atomic mass is 16.6. The van der Waals surface area contributed by atoms with Crippen LogP contribution < -0.4 is 0 Å². The van der Waals surface area contributed by atoms with E-state index in [4.69, 9.17) is 10.2 Å². The van der Waals surface area contributed by atoms with Gasteiger partial charge in [0.25, 0.3) is 0 Å². The number of rotatable bonds is 4. The van der Waals surface area contributed by atoms with Gasteiger partial charge in [0.15, 0.2) is 0 Å². The van der Waals surface area contributed by atoms with Gasteiger partial charge in [-0.15, -0.1) is 0 Å². The Hall–Kier alpha value is -1.59. The first-order valence-electron chi connectivity index (χ1n) is 4.52. The van der Waals surface area contributed by atoms with E-state index in [9.17, 15) is 14.4 Å². The Morgan fingerprint density at radius 2 is 1.87 bits per heavy atom. The van der Waals surface area contributed by atoms with Crippen LogP contribution in [0.15, 0.2) is 0 Å². The lowest BCUT2D eigenvalue weighted by atomic mass is 9.77. The van der Waals surface area contributed by atoms with Crippen molar-refractivity contribution in [3.05, 3.63) is 0 Å². The van der Waals surface area contributed by atoms with Crippen molar-refractivity contribution in [3.63, 3.8) is 0 Å². The Bertz CT molecular complexity index is 305. The Morgan fingerprint density at radius 1 is 1.40 bits per heavy atom. The van der Waals surface area contributed by atoms with Crippen molar-refractivity contribution in [2.75, 3.05) is 0 Å². The van der Waals surface area contributed by atoms with Gasteiger partial charge in [-0.2, -0.15) is 0 Å². The molecule has 1 unspecified atom stereocenters. The number of aliphatic carboxylic acids is 2. The number of carboxylic acid groups (broad SMARTS) is 2. The average molecular weight is 216 g/mol. The molecule has 0 aliphatic carbocycles. The summed E-state index contributed by atoms with van der Waals surface area (Å²) >= 11 is 0. The molecule has 1 atom stereocenters. The summed E-state index contributed by atoms with van der Waals surface area (Å²) in [5.41, 5.74) is -2.37. The third kappa shape index (κ3) is 1.55. The van der Waals surface area contributed by atoms with E-state index in [1.807, 2.05) is 0 Å². The van der Waals surface area contributed by atoms with E-state index in [2.05, 4.69) is 4.74 Å². The monoisotopic (exact) mass is 216 g/mol. The highest BCUT2D eigenvalue weighted by Gasteiger charge is 2.68. The molecule has 1 heterocycles. The zero-order valence-corrected chi connectivity index (χ0v) is 8.39. The number of esters is 1. The molecule has 15 heavy (non-hydrogen) atoms. The van der Waals surface area contributed by atoms with Gasteiger partial charge in [-0.05, 0) is 12.3 Å². The topological polar surface area (TPSA) is 101 Å².